The number of hydrogen-bond donors (Lipinski definition) is 2. The molecule has 0 saturated heterocycles. The molecule has 0 aliphatic carbocycles. The standard InChI is InChI=1S/C18H20N2S/c1-2-14-10-11-15(21-14)12-18(20-19)17-9-5-7-13-6-3-4-8-16(13)17/h3-11,18,20H,2,12,19H2,1H3. The predicted molar refractivity (Wildman–Crippen MR) is 91.4 cm³/mol. The van der Waals surface area contributed by atoms with E-state index in [0.717, 1.165) is 12.8 Å². The van der Waals surface area contributed by atoms with Gasteiger partial charge in [-0.05, 0) is 34.9 Å². The highest BCUT2D eigenvalue weighted by molar-refractivity contribution is 7.11. The summed E-state index contributed by atoms with van der Waals surface area (Å²) in [5.74, 6) is 5.84. The Bertz CT molecular complexity index is 727. The van der Waals surface area contributed by atoms with Crippen LogP contribution in [0.1, 0.15) is 28.3 Å². The van der Waals surface area contributed by atoms with E-state index in [0.29, 0.717) is 0 Å². The molecule has 2 aromatic carbocycles. The Morgan fingerprint density at radius 1 is 1.00 bits per heavy atom. The van der Waals surface area contributed by atoms with Gasteiger partial charge in [0.25, 0.3) is 0 Å². The van der Waals surface area contributed by atoms with Crippen LogP contribution in [-0.2, 0) is 12.8 Å². The highest BCUT2D eigenvalue weighted by atomic mass is 32.1. The lowest BCUT2D eigenvalue weighted by Gasteiger charge is -2.17. The van der Waals surface area contributed by atoms with Crippen molar-refractivity contribution in [3.8, 4) is 0 Å². The van der Waals surface area contributed by atoms with Crippen LogP contribution in [0.4, 0.5) is 0 Å². The van der Waals surface area contributed by atoms with Crippen LogP contribution in [0.25, 0.3) is 10.8 Å². The average Bonchev–Trinajstić information content (AvgIpc) is 3.00. The largest absolute Gasteiger partial charge is 0.271 e. The fourth-order valence-electron chi connectivity index (χ4n) is 2.74. The summed E-state index contributed by atoms with van der Waals surface area (Å²) in [6.07, 6.45) is 2.02. The predicted octanol–water partition coefficient (Wildman–Crippen LogP) is 4.21. The molecule has 0 saturated carbocycles. The molecule has 0 aliphatic rings. The first-order chi connectivity index (χ1) is 10.3. The van der Waals surface area contributed by atoms with Crippen LogP contribution in [-0.4, -0.2) is 0 Å². The van der Waals surface area contributed by atoms with Gasteiger partial charge < -0.3 is 0 Å². The molecule has 1 aromatic heterocycles. The molecule has 0 amide bonds. The van der Waals surface area contributed by atoms with Crippen molar-refractivity contribution in [2.24, 2.45) is 5.84 Å². The fraction of sp³-hybridized carbons (Fsp3) is 0.222. The summed E-state index contributed by atoms with van der Waals surface area (Å²) in [5, 5.41) is 2.53. The smallest absolute Gasteiger partial charge is 0.0514 e. The van der Waals surface area contributed by atoms with Gasteiger partial charge in [0.1, 0.15) is 0 Å². The molecule has 0 radical (unpaired) electrons. The van der Waals surface area contributed by atoms with E-state index in [2.05, 4.69) is 66.9 Å². The number of nitrogens with one attached hydrogen (secondary N) is 1. The number of nitrogens with two attached hydrogens (primary N) is 1. The van der Waals surface area contributed by atoms with Crippen LogP contribution >= 0.6 is 11.3 Å². The molecule has 3 rings (SSSR count). The lowest BCUT2D eigenvalue weighted by atomic mass is 9.97. The van der Waals surface area contributed by atoms with Gasteiger partial charge in [0.2, 0.25) is 0 Å². The zero-order valence-electron chi connectivity index (χ0n) is 12.2. The Morgan fingerprint density at radius 3 is 2.52 bits per heavy atom. The minimum atomic E-state index is 0.138. The van der Waals surface area contributed by atoms with Crippen LogP contribution < -0.4 is 11.3 Å². The second-order valence-corrected chi connectivity index (χ2v) is 6.47. The Balaban J connectivity index is 1.94. The highest BCUT2D eigenvalue weighted by Gasteiger charge is 2.14. The van der Waals surface area contributed by atoms with Crippen molar-refractivity contribution in [1.82, 2.24) is 5.43 Å². The van der Waals surface area contributed by atoms with E-state index in [1.54, 1.807) is 0 Å². The molecule has 1 atom stereocenters. The molecule has 0 fully saturated rings. The molecule has 3 heteroatoms. The summed E-state index contributed by atoms with van der Waals surface area (Å²) in [6.45, 7) is 2.19. The van der Waals surface area contributed by atoms with E-state index in [1.165, 1.54) is 26.1 Å². The van der Waals surface area contributed by atoms with E-state index in [1.807, 2.05) is 11.3 Å². The molecule has 1 unspecified atom stereocenters. The summed E-state index contributed by atoms with van der Waals surface area (Å²) in [4.78, 5) is 2.81. The van der Waals surface area contributed by atoms with E-state index in [-0.39, 0.29) is 6.04 Å². The average molecular weight is 296 g/mol. The number of benzene rings is 2. The van der Waals surface area contributed by atoms with E-state index < -0.39 is 0 Å². The van der Waals surface area contributed by atoms with E-state index >= 15 is 0 Å². The zero-order valence-corrected chi connectivity index (χ0v) is 13.0. The Morgan fingerprint density at radius 2 is 1.76 bits per heavy atom. The molecular weight excluding hydrogens is 276 g/mol. The van der Waals surface area contributed by atoms with Gasteiger partial charge in [-0.1, -0.05) is 49.4 Å². The molecule has 0 spiro atoms. The van der Waals surface area contributed by atoms with Crippen molar-refractivity contribution < 1.29 is 0 Å². The van der Waals surface area contributed by atoms with Gasteiger partial charge in [-0.25, -0.2) is 0 Å². The van der Waals surface area contributed by atoms with Crippen molar-refractivity contribution in [2.75, 3.05) is 0 Å². The van der Waals surface area contributed by atoms with Crippen molar-refractivity contribution >= 4 is 22.1 Å². The lowest BCUT2D eigenvalue weighted by molar-refractivity contribution is 0.559. The maximum absolute atomic E-state index is 5.84. The van der Waals surface area contributed by atoms with Crippen molar-refractivity contribution in [2.45, 2.75) is 25.8 Å². The topological polar surface area (TPSA) is 38.0 Å². The van der Waals surface area contributed by atoms with Gasteiger partial charge in [0.05, 0.1) is 6.04 Å². The SMILES string of the molecule is CCc1ccc(CC(NN)c2cccc3ccccc23)s1. The normalized spacial score (nSPS) is 12.7. The molecule has 0 aliphatic heterocycles. The Hall–Kier alpha value is -1.68. The number of hydrazine groups is 1. The third kappa shape index (κ3) is 3.00. The number of fused-ring (bicyclic) bond motifs is 1. The van der Waals surface area contributed by atoms with Crippen molar-refractivity contribution in [3.63, 3.8) is 0 Å². The maximum atomic E-state index is 5.84. The first kappa shape index (κ1) is 14.3. The molecule has 2 nitrogen and oxygen atoms in total. The quantitative estimate of drug-likeness (QED) is 0.547. The van der Waals surface area contributed by atoms with Crippen LogP contribution in [0.5, 0.6) is 0 Å². The van der Waals surface area contributed by atoms with Crippen molar-refractivity contribution in [3.05, 3.63) is 69.9 Å². The minimum Gasteiger partial charge on any atom is -0.271 e. The Labute approximate surface area is 129 Å². The minimum absolute atomic E-state index is 0.138. The first-order valence-electron chi connectivity index (χ1n) is 7.33. The molecule has 0 bridgehead atoms. The summed E-state index contributed by atoms with van der Waals surface area (Å²) in [5.41, 5.74) is 4.26. The first-order valence-corrected chi connectivity index (χ1v) is 8.15. The van der Waals surface area contributed by atoms with Gasteiger partial charge in [-0.2, -0.15) is 0 Å². The van der Waals surface area contributed by atoms with Crippen LogP contribution in [0, 0.1) is 0 Å². The van der Waals surface area contributed by atoms with Gasteiger partial charge in [0.15, 0.2) is 0 Å². The fourth-order valence-corrected chi connectivity index (χ4v) is 3.74. The third-order valence-electron chi connectivity index (χ3n) is 3.87. The molecular formula is C18H20N2S. The molecule has 3 N–H and O–H groups in total. The molecule has 21 heavy (non-hydrogen) atoms. The Kier molecular flexibility index (Phi) is 4.34. The monoisotopic (exact) mass is 296 g/mol. The molecule has 3 aromatic rings. The van der Waals surface area contributed by atoms with Crippen LogP contribution in [0.3, 0.4) is 0 Å². The number of rotatable bonds is 5. The van der Waals surface area contributed by atoms with Gasteiger partial charge >= 0.3 is 0 Å². The zero-order chi connectivity index (χ0) is 14.7. The number of hydrogen-bond acceptors (Lipinski definition) is 3. The summed E-state index contributed by atoms with van der Waals surface area (Å²) in [6, 6.07) is 19.5. The summed E-state index contributed by atoms with van der Waals surface area (Å²) < 4.78 is 0. The second-order valence-electron chi connectivity index (χ2n) is 5.21. The van der Waals surface area contributed by atoms with Crippen LogP contribution in [0.15, 0.2) is 54.6 Å². The van der Waals surface area contributed by atoms with E-state index in [4.69, 9.17) is 5.84 Å². The third-order valence-corrected chi connectivity index (χ3v) is 5.12. The van der Waals surface area contributed by atoms with Crippen molar-refractivity contribution in [1.29, 1.82) is 0 Å². The number of aryl methyl sites for hydroxylation is 1. The second kappa shape index (κ2) is 6.39. The maximum Gasteiger partial charge on any atom is 0.0514 e. The molecule has 108 valence electrons. The summed E-state index contributed by atoms with van der Waals surface area (Å²) in [7, 11) is 0. The highest BCUT2D eigenvalue weighted by Crippen LogP contribution is 2.28. The molecule has 1 heterocycles. The van der Waals surface area contributed by atoms with Crippen LogP contribution in [0.2, 0.25) is 0 Å². The van der Waals surface area contributed by atoms with E-state index in [9.17, 15) is 0 Å². The lowest BCUT2D eigenvalue weighted by Crippen LogP contribution is -2.29. The number of thiophene rings is 1. The van der Waals surface area contributed by atoms with Gasteiger partial charge in [0, 0.05) is 16.2 Å². The van der Waals surface area contributed by atoms with Gasteiger partial charge in [-0.3, -0.25) is 11.3 Å². The van der Waals surface area contributed by atoms with Gasteiger partial charge in [-0.15, -0.1) is 11.3 Å². The summed E-state index contributed by atoms with van der Waals surface area (Å²) >= 11 is 1.88.